The molecule has 1 aliphatic rings. The molecule has 2 heterocycles. The van der Waals surface area contributed by atoms with E-state index >= 15 is 0 Å². The third-order valence-corrected chi connectivity index (χ3v) is 7.68. The molecule has 0 bridgehead atoms. The molecule has 35 heavy (non-hydrogen) atoms. The number of hydrazone groups is 1. The molecule has 0 saturated carbocycles. The van der Waals surface area contributed by atoms with Crippen LogP contribution < -0.4 is 5.01 Å². The molecule has 176 valence electrons. The maximum Gasteiger partial charge on any atom is 0.269 e. The van der Waals surface area contributed by atoms with E-state index in [1.54, 1.807) is 24.3 Å². The number of non-ortho nitro benzene ring substituents is 1. The topological polar surface area (TPSA) is 71.6 Å². The lowest BCUT2D eigenvalue weighted by atomic mass is 9.98. The minimum Gasteiger partial charge on any atom is -0.258 e. The number of aromatic nitrogens is 1. The Kier molecular flexibility index (Phi) is 6.70. The molecule has 11 heteroatoms. The molecular weight excluding hydrogens is 550 g/mol. The summed E-state index contributed by atoms with van der Waals surface area (Å²) in [7, 11) is 0. The number of nitrogens with zero attached hydrogens (tertiary/aromatic N) is 4. The van der Waals surface area contributed by atoms with Gasteiger partial charge in [-0.25, -0.2) is 9.99 Å². The molecule has 6 nitrogen and oxygen atoms in total. The van der Waals surface area contributed by atoms with Gasteiger partial charge in [-0.2, -0.15) is 5.10 Å². The number of nitro benzene ring substituents is 1. The first-order valence-electron chi connectivity index (χ1n) is 10.3. The van der Waals surface area contributed by atoms with E-state index in [0.717, 1.165) is 22.4 Å². The summed E-state index contributed by atoms with van der Waals surface area (Å²) < 4.78 is 0. The largest absolute Gasteiger partial charge is 0.269 e. The number of nitro groups is 1. The van der Waals surface area contributed by atoms with E-state index in [4.69, 9.17) is 56.5 Å². The SMILES string of the molecule is O=[N+]([O-])c1ccc(-c2csc(N3N=C(c4ccc(Cl)cc4)CC3c3cc(Cl)c(Cl)cc3Cl)n2)cc1. The number of benzene rings is 3. The Balaban J connectivity index is 1.54. The van der Waals surface area contributed by atoms with Crippen LogP contribution in [0.3, 0.4) is 0 Å². The molecule has 4 aromatic rings. The molecular formula is C24H14Cl4N4O2S. The van der Waals surface area contributed by atoms with Crippen molar-refractivity contribution in [1.82, 2.24) is 4.98 Å². The van der Waals surface area contributed by atoms with Crippen molar-refractivity contribution in [2.45, 2.75) is 12.5 Å². The predicted octanol–water partition coefficient (Wildman–Crippen LogP) is 8.69. The number of halogens is 4. The van der Waals surface area contributed by atoms with Crippen molar-refractivity contribution in [2.24, 2.45) is 5.10 Å². The fourth-order valence-electron chi connectivity index (χ4n) is 3.80. The highest BCUT2D eigenvalue weighted by atomic mass is 35.5. The Bertz CT molecular complexity index is 1460. The number of anilines is 1. The average molecular weight is 564 g/mol. The van der Waals surface area contributed by atoms with Crippen molar-refractivity contribution in [1.29, 1.82) is 0 Å². The van der Waals surface area contributed by atoms with Crippen LogP contribution in [0.25, 0.3) is 11.3 Å². The second kappa shape index (κ2) is 9.76. The summed E-state index contributed by atoms with van der Waals surface area (Å²) in [6.07, 6.45) is 0.561. The second-order valence-electron chi connectivity index (χ2n) is 7.73. The van der Waals surface area contributed by atoms with Crippen molar-refractivity contribution in [3.63, 3.8) is 0 Å². The molecule has 0 spiro atoms. The molecule has 0 N–H and O–H groups in total. The first-order chi connectivity index (χ1) is 16.8. The van der Waals surface area contributed by atoms with E-state index in [9.17, 15) is 10.1 Å². The van der Waals surface area contributed by atoms with E-state index in [-0.39, 0.29) is 11.7 Å². The van der Waals surface area contributed by atoms with Crippen molar-refractivity contribution >= 4 is 74.3 Å². The molecule has 0 fully saturated rings. The highest BCUT2D eigenvalue weighted by Crippen LogP contribution is 2.43. The smallest absolute Gasteiger partial charge is 0.258 e. The fraction of sp³-hybridized carbons (Fsp3) is 0.0833. The monoisotopic (exact) mass is 562 g/mol. The van der Waals surface area contributed by atoms with Gasteiger partial charge in [-0.1, -0.05) is 58.5 Å². The summed E-state index contributed by atoms with van der Waals surface area (Å²) >= 11 is 26.6. The van der Waals surface area contributed by atoms with Crippen LogP contribution in [0.2, 0.25) is 20.1 Å². The van der Waals surface area contributed by atoms with Gasteiger partial charge in [0, 0.05) is 39.5 Å². The van der Waals surface area contributed by atoms with E-state index in [2.05, 4.69) is 0 Å². The van der Waals surface area contributed by atoms with Crippen LogP contribution in [0.5, 0.6) is 0 Å². The number of thiazole rings is 1. The van der Waals surface area contributed by atoms with Gasteiger partial charge in [0.15, 0.2) is 0 Å². The predicted molar refractivity (Wildman–Crippen MR) is 144 cm³/mol. The average Bonchev–Trinajstić information content (AvgIpc) is 3.50. The van der Waals surface area contributed by atoms with Gasteiger partial charge in [-0.05, 0) is 47.5 Å². The third kappa shape index (κ3) is 4.87. The number of hydrogen-bond acceptors (Lipinski definition) is 6. The minimum atomic E-state index is -0.431. The van der Waals surface area contributed by atoms with Gasteiger partial charge in [0.1, 0.15) is 0 Å². The van der Waals surface area contributed by atoms with Crippen LogP contribution in [0.1, 0.15) is 23.6 Å². The van der Waals surface area contributed by atoms with Gasteiger partial charge in [0.05, 0.1) is 32.4 Å². The first-order valence-corrected chi connectivity index (χ1v) is 12.7. The summed E-state index contributed by atoms with van der Waals surface area (Å²) in [4.78, 5) is 15.3. The van der Waals surface area contributed by atoms with Crippen molar-refractivity contribution < 1.29 is 4.92 Å². The molecule has 0 radical (unpaired) electrons. The van der Waals surface area contributed by atoms with Gasteiger partial charge >= 0.3 is 0 Å². The second-order valence-corrected chi connectivity index (χ2v) is 10.2. The van der Waals surface area contributed by atoms with Gasteiger partial charge in [0.2, 0.25) is 5.13 Å². The third-order valence-electron chi connectivity index (χ3n) is 5.55. The molecule has 1 atom stereocenters. The summed E-state index contributed by atoms with van der Waals surface area (Å²) in [5, 5.41) is 22.1. The van der Waals surface area contributed by atoms with E-state index < -0.39 is 4.92 Å². The zero-order chi connectivity index (χ0) is 24.7. The van der Waals surface area contributed by atoms with Crippen LogP contribution in [-0.2, 0) is 0 Å². The van der Waals surface area contributed by atoms with E-state index in [1.165, 1.54) is 23.5 Å². The summed E-state index contributed by atoms with van der Waals surface area (Å²) in [6, 6.07) is 16.9. The molecule has 1 aromatic heterocycles. The van der Waals surface area contributed by atoms with Gasteiger partial charge in [-0.3, -0.25) is 10.1 Å². The lowest BCUT2D eigenvalue weighted by Gasteiger charge is -2.22. The van der Waals surface area contributed by atoms with Crippen molar-refractivity contribution in [3.05, 3.63) is 107 Å². The molecule has 5 rings (SSSR count). The van der Waals surface area contributed by atoms with E-state index in [0.29, 0.717) is 37.3 Å². The highest BCUT2D eigenvalue weighted by Gasteiger charge is 2.33. The standard InChI is InChI=1S/C24H14Cl4N4O2S/c25-15-5-1-13(2-6-15)21-11-23(17-9-19(27)20(28)10-18(17)26)31(30-21)24-29-22(12-35-24)14-3-7-16(8-4-14)32(33)34/h1-10,12,23H,11H2. The lowest BCUT2D eigenvalue weighted by molar-refractivity contribution is -0.384. The zero-order valence-corrected chi connectivity index (χ0v) is 21.5. The Morgan fingerprint density at radius 2 is 1.57 bits per heavy atom. The molecule has 3 aromatic carbocycles. The van der Waals surface area contributed by atoms with Crippen molar-refractivity contribution in [3.8, 4) is 11.3 Å². The molecule has 0 amide bonds. The van der Waals surface area contributed by atoms with E-state index in [1.807, 2.05) is 34.7 Å². The Labute approximate surface area is 224 Å². The minimum absolute atomic E-state index is 0.0234. The fourth-order valence-corrected chi connectivity index (χ4v) is 5.44. The van der Waals surface area contributed by atoms with Crippen LogP contribution >= 0.6 is 57.7 Å². The van der Waals surface area contributed by atoms with Crippen molar-refractivity contribution in [2.75, 3.05) is 5.01 Å². The van der Waals surface area contributed by atoms with Crippen LogP contribution in [0.4, 0.5) is 10.8 Å². The normalized spacial score (nSPS) is 15.4. The van der Waals surface area contributed by atoms with Gasteiger partial charge < -0.3 is 0 Å². The lowest BCUT2D eigenvalue weighted by Crippen LogP contribution is -2.18. The Hall–Kier alpha value is -2.68. The Morgan fingerprint density at radius 3 is 2.26 bits per heavy atom. The highest BCUT2D eigenvalue weighted by molar-refractivity contribution is 7.14. The maximum absolute atomic E-state index is 11.0. The molecule has 0 saturated heterocycles. The number of hydrogen-bond donors (Lipinski definition) is 0. The molecule has 1 aliphatic heterocycles. The summed E-state index contributed by atoms with van der Waals surface area (Å²) in [5.41, 5.74) is 4.04. The summed E-state index contributed by atoms with van der Waals surface area (Å²) in [5.74, 6) is 0. The maximum atomic E-state index is 11.0. The van der Waals surface area contributed by atoms with Crippen LogP contribution in [-0.4, -0.2) is 15.6 Å². The number of rotatable bonds is 5. The summed E-state index contributed by atoms with van der Waals surface area (Å²) in [6.45, 7) is 0. The zero-order valence-electron chi connectivity index (χ0n) is 17.7. The van der Waals surface area contributed by atoms with Crippen LogP contribution in [0, 0.1) is 10.1 Å². The van der Waals surface area contributed by atoms with Crippen LogP contribution in [0.15, 0.2) is 71.1 Å². The Morgan fingerprint density at radius 1 is 0.914 bits per heavy atom. The molecule has 1 unspecified atom stereocenters. The molecule has 0 aliphatic carbocycles. The first kappa shape index (κ1) is 24.0. The van der Waals surface area contributed by atoms with Gasteiger partial charge in [-0.15, -0.1) is 11.3 Å². The van der Waals surface area contributed by atoms with Gasteiger partial charge in [0.25, 0.3) is 5.69 Å². The quantitative estimate of drug-likeness (QED) is 0.138.